The summed E-state index contributed by atoms with van der Waals surface area (Å²) in [5, 5.41) is 3.25. The lowest BCUT2D eigenvalue weighted by atomic mass is 9.83. The molecule has 0 saturated heterocycles. The molecule has 0 heterocycles. The summed E-state index contributed by atoms with van der Waals surface area (Å²) in [6, 6.07) is 0. The lowest BCUT2D eigenvalue weighted by Gasteiger charge is -2.26. The summed E-state index contributed by atoms with van der Waals surface area (Å²) in [6.07, 6.45) is 5.42. The molecule has 0 radical (unpaired) electrons. The standard InChI is InChI=1S/C13H27N3.HI/c1-10(2)8-15-13(14)16-9-12-6-4-11(3)5-7-12;/h10-12H,4-9H2,1-3H3,(H3,14,15,16);1H. The van der Waals surface area contributed by atoms with Crippen molar-refractivity contribution in [3.05, 3.63) is 0 Å². The van der Waals surface area contributed by atoms with Crippen LogP contribution in [-0.4, -0.2) is 19.0 Å². The fourth-order valence-electron chi connectivity index (χ4n) is 2.12. The minimum absolute atomic E-state index is 0. The third-order valence-corrected chi connectivity index (χ3v) is 3.33. The highest BCUT2D eigenvalue weighted by atomic mass is 127. The van der Waals surface area contributed by atoms with Gasteiger partial charge in [-0.15, -0.1) is 24.0 Å². The van der Waals surface area contributed by atoms with Gasteiger partial charge in [0, 0.05) is 13.1 Å². The van der Waals surface area contributed by atoms with Gasteiger partial charge < -0.3 is 11.1 Å². The van der Waals surface area contributed by atoms with Gasteiger partial charge in [-0.05, 0) is 30.6 Å². The van der Waals surface area contributed by atoms with Gasteiger partial charge in [-0.2, -0.15) is 0 Å². The van der Waals surface area contributed by atoms with Gasteiger partial charge in [0.25, 0.3) is 0 Å². The Labute approximate surface area is 123 Å². The Morgan fingerprint density at radius 3 is 2.41 bits per heavy atom. The Morgan fingerprint density at radius 2 is 1.88 bits per heavy atom. The lowest BCUT2D eigenvalue weighted by Crippen LogP contribution is -2.36. The second kappa shape index (κ2) is 9.00. The van der Waals surface area contributed by atoms with Crippen LogP contribution < -0.4 is 11.1 Å². The van der Waals surface area contributed by atoms with Crippen LogP contribution in [0.25, 0.3) is 0 Å². The van der Waals surface area contributed by atoms with Crippen LogP contribution in [0, 0.1) is 17.8 Å². The van der Waals surface area contributed by atoms with E-state index in [0.29, 0.717) is 11.9 Å². The zero-order valence-corrected chi connectivity index (χ0v) is 13.7. The zero-order chi connectivity index (χ0) is 12.0. The van der Waals surface area contributed by atoms with Crippen molar-refractivity contribution in [2.24, 2.45) is 28.5 Å². The van der Waals surface area contributed by atoms with Gasteiger partial charge in [0.05, 0.1) is 0 Å². The number of hydrogen-bond donors (Lipinski definition) is 2. The van der Waals surface area contributed by atoms with Gasteiger partial charge in [0.15, 0.2) is 5.96 Å². The molecule has 0 aromatic heterocycles. The molecule has 102 valence electrons. The normalized spacial score (nSPS) is 25.5. The van der Waals surface area contributed by atoms with Gasteiger partial charge in [-0.25, -0.2) is 0 Å². The molecule has 1 fully saturated rings. The van der Waals surface area contributed by atoms with Crippen molar-refractivity contribution in [2.45, 2.75) is 46.5 Å². The van der Waals surface area contributed by atoms with Crippen LogP contribution in [0.15, 0.2) is 4.99 Å². The molecule has 4 heteroatoms. The number of nitrogens with one attached hydrogen (secondary N) is 1. The minimum Gasteiger partial charge on any atom is -0.370 e. The highest BCUT2D eigenvalue weighted by Gasteiger charge is 2.17. The van der Waals surface area contributed by atoms with E-state index in [1.165, 1.54) is 25.7 Å². The number of rotatable bonds is 4. The van der Waals surface area contributed by atoms with E-state index in [9.17, 15) is 0 Å². The molecule has 0 atom stereocenters. The van der Waals surface area contributed by atoms with Crippen LogP contribution in [0.4, 0.5) is 0 Å². The van der Waals surface area contributed by atoms with Crippen molar-refractivity contribution in [1.29, 1.82) is 0 Å². The first-order valence-electron chi connectivity index (χ1n) is 6.61. The summed E-state index contributed by atoms with van der Waals surface area (Å²) in [4.78, 5) is 4.31. The summed E-state index contributed by atoms with van der Waals surface area (Å²) in [7, 11) is 0. The van der Waals surface area contributed by atoms with Crippen LogP contribution >= 0.6 is 24.0 Å². The van der Waals surface area contributed by atoms with Crippen LogP contribution in [0.1, 0.15) is 46.5 Å². The van der Waals surface area contributed by atoms with E-state index in [1.54, 1.807) is 0 Å². The van der Waals surface area contributed by atoms with Gasteiger partial charge in [-0.1, -0.05) is 33.6 Å². The highest BCUT2D eigenvalue weighted by Crippen LogP contribution is 2.27. The van der Waals surface area contributed by atoms with Crippen LogP contribution in [0.3, 0.4) is 0 Å². The molecule has 0 aliphatic heterocycles. The lowest BCUT2D eigenvalue weighted by molar-refractivity contribution is 0.290. The van der Waals surface area contributed by atoms with E-state index in [0.717, 1.165) is 24.9 Å². The molecule has 0 unspecified atom stereocenters. The second-order valence-corrected chi connectivity index (χ2v) is 5.63. The van der Waals surface area contributed by atoms with Crippen molar-refractivity contribution in [1.82, 2.24) is 5.32 Å². The molecule has 0 spiro atoms. The number of aliphatic imine (C=N–C) groups is 1. The smallest absolute Gasteiger partial charge is 0.188 e. The fourth-order valence-corrected chi connectivity index (χ4v) is 2.12. The molecule has 0 bridgehead atoms. The molecule has 1 rings (SSSR count). The summed E-state index contributed by atoms with van der Waals surface area (Å²) in [5.41, 5.74) is 5.81. The first-order chi connectivity index (χ1) is 7.58. The molecule has 0 amide bonds. The molecule has 0 aromatic carbocycles. The van der Waals surface area contributed by atoms with E-state index >= 15 is 0 Å². The minimum atomic E-state index is 0. The van der Waals surface area contributed by atoms with Crippen LogP contribution in [0.5, 0.6) is 0 Å². The number of nitrogens with two attached hydrogens (primary N) is 1. The Hall–Kier alpha value is 0. The van der Waals surface area contributed by atoms with E-state index < -0.39 is 0 Å². The first kappa shape index (κ1) is 17.0. The number of guanidine groups is 1. The van der Waals surface area contributed by atoms with Crippen molar-refractivity contribution in [3.63, 3.8) is 0 Å². The zero-order valence-electron chi connectivity index (χ0n) is 11.4. The Bertz CT molecular complexity index is 221. The topological polar surface area (TPSA) is 50.4 Å². The van der Waals surface area contributed by atoms with Gasteiger partial charge in [-0.3, -0.25) is 4.99 Å². The summed E-state index contributed by atoms with van der Waals surface area (Å²) < 4.78 is 0. The molecule has 3 N–H and O–H groups in total. The summed E-state index contributed by atoms with van der Waals surface area (Å²) in [6.45, 7) is 8.47. The van der Waals surface area contributed by atoms with Crippen LogP contribution in [-0.2, 0) is 0 Å². The SMILES string of the molecule is CC(C)CN=C(N)NCC1CCC(C)CC1.I. The average molecular weight is 353 g/mol. The van der Waals surface area contributed by atoms with Gasteiger partial charge in [0.1, 0.15) is 0 Å². The predicted octanol–water partition coefficient (Wildman–Crippen LogP) is 2.99. The molecule has 1 saturated carbocycles. The van der Waals surface area contributed by atoms with Crippen molar-refractivity contribution in [3.8, 4) is 0 Å². The Balaban J connectivity index is 0.00000256. The molecular weight excluding hydrogens is 325 g/mol. The van der Waals surface area contributed by atoms with Gasteiger partial charge >= 0.3 is 0 Å². The largest absolute Gasteiger partial charge is 0.370 e. The first-order valence-corrected chi connectivity index (χ1v) is 6.61. The molecule has 1 aliphatic rings. The van der Waals surface area contributed by atoms with E-state index in [2.05, 4.69) is 31.1 Å². The third-order valence-electron chi connectivity index (χ3n) is 3.33. The van der Waals surface area contributed by atoms with Crippen molar-refractivity contribution < 1.29 is 0 Å². The molecule has 17 heavy (non-hydrogen) atoms. The van der Waals surface area contributed by atoms with E-state index in [1.807, 2.05) is 0 Å². The van der Waals surface area contributed by atoms with E-state index in [4.69, 9.17) is 5.73 Å². The van der Waals surface area contributed by atoms with Crippen LogP contribution in [0.2, 0.25) is 0 Å². The maximum atomic E-state index is 5.81. The maximum Gasteiger partial charge on any atom is 0.188 e. The second-order valence-electron chi connectivity index (χ2n) is 5.63. The summed E-state index contributed by atoms with van der Waals surface area (Å²) >= 11 is 0. The fraction of sp³-hybridized carbons (Fsp3) is 0.923. The van der Waals surface area contributed by atoms with Crippen molar-refractivity contribution >= 4 is 29.9 Å². The average Bonchev–Trinajstić information content (AvgIpc) is 2.25. The van der Waals surface area contributed by atoms with Crippen molar-refractivity contribution in [2.75, 3.05) is 13.1 Å². The molecule has 0 aromatic rings. The Morgan fingerprint density at radius 1 is 1.29 bits per heavy atom. The number of halogens is 1. The maximum absolute atomic E-state index is 5.81. The monoisotopic (exact) mass is 353 g/mol. The predicted molar refractivity (Wildman–Crippen MR) is 85.9 cm³/mol. The van der Waals surface area contributed by atoms with E-state index in [-0.39, 0.29) is 24.0 Å². The third kappa shape index (κ3) is 7.84. The van der Waals surface area contributed by atoms with Gasteiger partial charge in [0.2, 0.25) is 0 Å². The number of nitrogens with zero attached hydrogens (tertiary/aromatic N) is 1. The quantitative estimate of drug-likeness (QED) is 0.464. The molecular formula is C13H28IN3. The number of hydrogen-bond acceptors (Lipinski definition) is 1. The molecule has 1 aliphatic carbocycles. The Kier molecular flexibility index (Phi) is 9.00. The molecule has 3 nitrogen and oxygen atoms in total. The summed E-state index contributed by atoms with van der Waals surface area (Å²) in [5.74, 6) is 2.91. The highest BCUT2D eigenvalue weighted by molar-refractivity contribution is 14.0.